The molecule has 1 aromatic heterocycles. The molecule has 0 bridgehead atoms. The molecule has 0 unspecified atom stereocenters. The molecule has 0 atom stereocenters. The van der Waals surface area contributed by atoms with E-state index in [0.717, 1.165) is 50.1 Å². The highest BCUT2D eigenvalue weighted by molar-refractivity contribution is 6.07. The van der Waals surface area contributed by atoms with Gasteiger partial charge in [0.2, 0.25) is 0 Å². The molecule has 0 aliphatic heterocycles. The molecule has 2 heteroatoms. The largest absolute Gasteiger partial charge is 0.456 e. The van der Waals surface area contributed by atoms with E-state index in [2.05, 4.69) is 183 Å². The van der Waals surface area contributed by atoms with Crippen LogP contribution >= 0.6 is 0 Å². The molecule has 0 spiro atoms. The third-order valence-electron chi connectivity index (χ3n) is 13.1. The van der Waals surface area contributed by atoms with Crippen molar-refractivity contribution in [3.63, 3.8) is 0 Å². The Hall–Kier alpha value is -6.38. The second kappa shape index (κ2) is 13.4. The summed E-state index contributed by atoms with van der Waals surface area (Å²) in [5.74, 6) is 0.706. The van der Waals surface area contributed by atoms with Crippen molar-refractivity contribution in [3.8, 4) is 33.4 Å². The Kier molecular flexibility index (Phi) is 7.96. The normalized spacial score (nSPS) is 14.9. The molecule has 2 aliphatic carbocycles. The summed E-state index contributed by atoms with van der Waals surface area (Å²) in [5.41, 5.74) is 16.7. The van der Waals surface area contributed by atoms with E-state index in [4.69, 9.17) is 4.42 Å². The van der Waals surface area contributed by atoms with Gasteiger partial charge in [-0.15, -0.1) is 0 Å². The van der Waals surface area contributed by atoms with E-state index in [-0.39, 0.29) is 5.41 Å². The van der Waals surface area contributed by atoms with Crippen LogP contribution in [0.25, 0.3) is 66.1 Å². The molecule has 276 valence electrons. The summed E-state index contributed by atoms with van der Waals surface area (Å²) in [6.45, 7) is 4.73. The minimum absolute atomic E-state index is 0.125. The maximum absolute atomic E-state index is 6.46. The SMILES string of the molecule is CC1(C)c2ccccc2-c2ccc(N(c3ccc(-c4ccc(C5CCCCC5)cc4)cc3)c3cc4ccccc4cc3-c3ccc4c(c3)oc3ccccc34)cc21. The third kappa shape index (κ3) is 5.69. The standard InChI is InChI=1S/C55H45NO/c1-55(2)50-18-10-8-16-45(50)46-31-29-44(35-51(46)55)56(43-27-24-39(25-28-43)38-22-20-37(21-23-38)36-12-4-3-5-13-36)52-33-41-15-7-6-14-40(41)32-49(52)42-26-30-48-47-17-9-11-19-53(47)57-54(48)34-42/h6-11,14-36H,3-5,12-13H2,1-2H3. The number of hydrogen-bond donors (Lipinski definition) is 0. The molecular weight excluding hydrogens is 691 g/mol. The van der Waals surface area contributed by atoms with Crippen LogP contribution in [0.1, 0.15) is 68.6 Å². The molecule has 11 rings (SSSR count). The van der Waals surface area contributed by atoms with Gasteiger partial charge in [-0.05, 0) is 129 Å². The van der Waals surface area contributed by atoms with E-state index >= 15 is 0 Å². The lowest BCUT2D eigenvalue weighted by Crippen LogP contribution is -2.17. The van der Waals surface area contributed by atoms with Crippen molar-refractivity contribution in [1.82, 2.24) is 0 Å². The summed E-state index contributed by atoms with van der Waals surface area (Å²) < 4.78 is 6.46. The van der Waals surface area contributed by atoms with Crippen LogP contribution in [0.2, 0.25) is 0 Å². The number of nitrogens with zero attached hydrogens (tertiary/aromatic N) is 1. The zero-order valence-electron chi connectivity index (χ0n) is 32.6. The predicted molar refractivity (Wildman–Crippen MR) is 240 cm³/mol. The van der Waals surface area contributed by atoms with Gasteiger partial charge in [0.1, 0.15) is 11.2 Å². The van der Waals surface area contributed by atoms with Crippen molar-refractivity contribution in [2.45, 2.75) is 57.3 Å². The van der Waals surface area contributed by atoms with Crippen molar-refractivity contribution in [2.75, 3.05) is 4.90 Å². The zero-order valence-corrected chi connectivity index (χ0v) is 32.6. The molecule has 1 saturated carbocycles. The lowest BCUT2D eigenvalue weighted by Gasteiger charge is -2.30. The Labute approximate surface area is 335 Å². The average Bonchev–Trinajstić information content (AvgIpc) is 3.75. The van der Waals surface area contributed by atoms with Gasteiger partial charge in [0.25, 0.3) is 0 Å². The van der Waals surface area contributed by atoms with E-state index in [1.807, 2.05) is 6.07 Å². The molecule has 9 aromatic rings. The van der Waals surface area contributed by atoms with Crippen molar-refractivity contribution in [1.29, 1.82) is 0 Å². The monoisotopic (exact) mass is 735 g/mol. The molecule has 0 radical (unpaired) electrons. The highest BCUT2D eigenvalue weighted by atomic mass is 16.3. The second-order valence-corrected chi connectivity index (χ2v) is 16.8. The summed E-state index contributed by atoms with van der Waals surface area (Å²) in [6.07, 6.45) is 6.72. The van der Waals surface area contributed by atoms with Crippen molar-refractivity contribution < 1.29 is 4.42 Å². The molecule has 0 saturated heterocycles. The molecule has 2 aliphatic rings. The minimum atomic E-state index is -0.125. The number of para-hydroxylation sites is 1. The van der Waals surface area contributed by atoms with Crippen LogP contribution in [0.15, 0.2) is 174 Å². The van der Waals surface area contributed by atoms with Crippen LogP contribution in [0.5, 0.6) is 0 Å². The Morgan fingerprint density at radius 3 is 1.91 bits per heavy atom. The number of anilines is 3. The van der Waals surface area contributed by atoms with Crippen molar-refractivity contribution in [2.24, 2.45) is 0 Å². The van der Waals surface area contributed by atoms with Gasteiger partial charge in [-0.25, -0.2) is 0 Å². The minimum Gasteiger partial charge on any atom is -0.456 e. The Bertz CT molecular complexity index is 2960. The van der Waals surface area contributed by atoms with E-state index in [9.17, 15) is 0 Å². The number of rotatable bonds is 6. The van der Waals surface area contributed by atoms with Crippen molar-refractivity contribution >= 4 is 49.8 Å². The highest BCUT2D eigenvalue weighted by Gasteiger charge is 2.36. The lowest BCUT2D eigenvalue weighted by molar-refractivity contribution is 0.443. The Balaban J connectivity index is 1.08. The fourth-order valence-electron chi connectivity index (χ4n) is 9.98. The second-order valence-electron chi connectivity index (χ2n) is 16.8. The van der Waals surface area contributed by atoms with Crippen LogP contribution in [0.3, 0.4) is 0 Å². The summed E-state index contributed by atoms with van der Waals surface area (Å²) >= 11 is 0. The van der Waals surface area contributed by atoms with Gasteiger partial charge in [-0.1, -0.05) is 148 Å². The topological polar surface area (TPSA) is 16.4 Å². The highest BCUT2D eigenvalue weighted by Crippen LogP contribution is 2.52. The van der Waals surface area contributed by atoms with Crippen LogP contribution < -0.4 is 4.90 Å². The molecule has 0 amide bonds. The lowest BCUT2D eigenvalue weighted by atomic mass is 9.82. The first kappa shape index (κ1) is 33.9. The van der Waals surface area contributed by atoms with Crippen LogP contribution in [0, 0.1) is 0 Å². The van der Waals surface area contributed by atoms with Gasteiger partial charge in [-0.3, -0.25) is 0 Å². The van der Waals surface area contributed by atoms with Crippen LogP contribution in [-0.4, -0.2) is 0 Å². The van der Waals surface area contributed by atoms with Gasteiger partial charge in [-0.2, -0.15) is 0 Å². The molecular formula is C55H45NO. The Morgan fingerprint density at radius 2 is 1.11 bits per heavy atom. The average molecular weight is 736 g/mol. The van der Waals surface area contributed by atoms with Gasteiger partial charge in [0, 0.05) is 33.1 Å². The van der Waals surface area contributed by atoms with Crippen molar-refractivity contribution in [3.05, 3.63) is 187 Å². The van der Waals surface area contributed by atoms with E-state index in [1.54, 1.807) is 0 Å². The van der Waals surface area contributed by atoms with Crippen LogP contribution in [-0.2, 0) is 5.41 Å². The van der Waals surface area contributed by atoms with Gasteiger partial charge in [0.15, 0.2) is 0 Å². The Morgan fingerprint density at radius 1 is 0.474 bits per heavy atom. The molecule has 8 aromatic carbocycles. The smallest absolute Gasteiger partial charge is 0.136 e. The number of hydrogen-bond acceptors (Lipinski definition) is 2. The van der Waals surface area contributed by atoms with E-state index in [0.29, 0.717) is 5.92 Å². The van der Waals surface area contributed by atoms with E-state index in [1.165, 1.54) is 81.8 Å². The maximum atomic E-state index is 6.46. The van der Waals surface area contributed by atoms with Crippen LogP contribution in [0.4, 0.5) is 17.1 Å². The van der Waals surface area contributed by atoms with Gasteiger partial charge < -0.3 is 9.32 Å². The first-order valence-corrected chi connectivity index (χ1v) is 20.7. The molecule has 2 nitrogen and oxygen atoms in total. The predicted octanol–water partition coefficient (Wildman–Crippen LogP) is 15.9. The van der Waals surface area contributed by atoms with E-state index < -0.39 is 0 Å². The zero-order chi connectivity index (χ0) is 38.1. The quantitative estimate of drug-likeness (QED) is 0.169. The summed E-state index contributed by atoms with van der Waals surface area (Å²) in [6, 6.07) is 63.1. The summed E-state index contributed by atoms with van der Waals surface area (Å²) in [4.78, 5) is 2.47. The molecule has 0 N–H and O–H groups in total. The summed E-state index contributed by atoms with van der Waals surface area (Å²) in [7, 11) is 0. The summed E-state index contributed by atoms with van der Waals surface area (Å²) in [5, 5.41) is 4.69. The molecule has 57 heavy (non-hydrogen) atoms. The molecule has 1 fully saturated rings. The maximum Gasteiger partial charge on any atom is 0.136 e. The number of furan rings is 1. The van der Waals surface area contributed by atoms with Gasteiger partial charge >= 0.3 is 0 Å². The fraction of sp³-hybridized carbons (Fsp3) is 0.164. The van der Waals surface area contributed by atoms with Gasteiger partial charge in [0.05, 0.1) is 5.69 Å². The fourth-order valence-corrected chi connectivity index (χ4v) is 9.98. The number of fused-ring (bicyclic) bond motifs is 7. The number of benzene rings is 8. The molecule has 1 heterocycles. The first-order chi connectivity index (χ1) is 28.0. The third-order valence-corrected chi connectivity index (χ3v) is 13.1. The first-order valence-electron chi connectivity index (χ1n) is 20.7.